The van der Waals surface area contributed by atoms with Gasteiger partial charge in [-0.1, -0.05) is 0 Å². The van der Waals surface area contributed by atoms with Crippen LogP contribution >= 0.6 is 0 Å². The van der Waals surface area contributed by atoms with Gasteiger partial charge >= 0.3 is 6.18 Å². The summed E-state index contributed by atoms with van der Waals surface area (Å²) in [6.07, 6.45) is -2.63. The molecule has 0 radical (unpaired) electrons. The summed E-state index contributed by atoms with van der Waals surface area (Å²) in [6, 6.07) is 1.25. The number of aromatic nitrogens is 1. The van der Waals surface area contributed by atoms with Crippen LogP contribution < -0.4 is 5.56 Å². The Morgan fingerprint density at radius 1 is 1.21 bits per heavy atom. The Balaban J connectivity index is 1.89. The number of aryl methyl sites for hydroxylation is 1. The molecule has 0 bridgehead atoms. The maximum Gasteiger partial charge on any atom is 0.393 e. The lowest BCUT2D eigenvalue weighted by Crippen LogP contribution is -2.46. The molecule has 5 nitrogen and oxygen atoms in total. The molecule has 1 aromatic heterocycles. The summed E-state index contributed by atoms with van der Waals surface area (Å²) >= 11 is 0. The number of halogens is 3. The van der Waals surface area contributed by atoms with Crippen molar-refractivity contribution in [3.05, 3.63) is 33.2 Å². The molecule has 1 amide bonds. The van der Waals surface area contributed by atoms with E-state index >= 15 is 0 Å². The average Bonchev–Trinajstić information content (AvgIpc) is 2.53. The van der Waals surface area contributed by atoms with Gasteiger partial charge in [0.15, 0.2) is 5.78 Å². The molecule has 24 heavy (non-hydrogen) atoms. The number of carbonyl (C=O) groups excluding carboxylic acids is 2. The van der Waals surface area contributed by atoms with Gasteiger partial charge in [0.2, 0.25) is 0 Å². The number of nitrogens with one attached hydrogen (secondary N) is 1. The number of aromatic amines is 1. The number of pyridine rings is 1. The molecule has 1 N–H and O–H groups in total. The molecule has 8 heteroatoms. The van der Waals surface area contributed by atoms with E-state index in [4.69, 9.17) is 0 Å². The summed E-state index contributed by atoms with van der Waals surface area (Å²) in [7, 11) is 0. The van der Waals surface area contributed by atoms with E-state index in [1.54, 1.807) is 0 Å². The third-order valence-electron chi connectivity index (χ3n) is 4.66. The topological polar surface area (TPSA) is 70.2 Å². The quantitative estimate of drug-likeness (QED) is 0.851. The molecule has 2 aliphatic rings. The molecule has 0 spiro atoms. The van der Waals surface area contributed by atoms with Gasteiger partial charge in [-0.3, -0.25) is 14.4 Å². The van der Waals surface area contributed by atoms with Crippen LogP contribution in [0.15, 0.2) is 10.9 Å². The van der Waals surface area contributed by atoms with E-state index in [0.29, 0.717) is 30.5 Å². The summed E-state index contributed by atoms with van der Waals surface area (Å²) in [5.74, 6) is -2.48. The highest BCUT2D eigenvalue weighted by Crippen LogP contribution is 2.33. The SMILES string of the molecule is O=C1CCCc2[nH]c(=O)c(C(=O)N3CCC[C@@H](C(F)(F)F)C3)cc21. The maximum absolute atomic E-state index is 12.9. The molecule has 1 saturated heterocycles. The van der Waals surface area contributed by atoms with Gasteiger partial charge in [-0.15, -0.1) is 0 Å². The van der Waals surface area contributed by atoms with Crippen LogP contribution in [-0.4, -0.2) is 40.8 Å². The van der Waals surface area contributed by atoms with Crippen LogP contribution in [0.25, 0.3) is 0 Å². The molecule has 3 rings (SSSR count). The van der Waals surface area contributed by atoms with Gasteiger partial charge in [-0.25, -0.2) is 0 Å². The molecule has 1 fully saturated rings. The molecule has 0 unspecified atom stereocenters. The van der Waals surface area contributed by atoms with Crippen molar-refractivity contribution in [3.63, 3.8) is 0 Å². The highest BCUT2D eigenvalue weighted by Gasteiger charge is 2.43. The highest BCUT2D eigenvalue weighted by atomic mass is 19.4. The zero-order valence-electron chi connectivity index (χ0n) is 12.9. The number of hydrogen-bond donors (Lipinski definition) is 1. The monoisotopic (exact) mass is 342 g/mol. The largest absolute Gasteiger partial charge is 0.393 e. The number of rotatable bonds is 1. The Labute approximate surface area is 135 Å². The summed E-state index contributed by atoms with van der Waals surface area (Å²) in [6.45, 7) is -0.275. The summed E-state index contributed by atoms with van der Waals surface area (Å²) in [5, 5.41) is 0. The first-order valence-electron chi connectivity index (χ1n) is 7.93. The fraction of sp³-hybridized carbons (Fsp3) is 0.562. The number of likely N-dealkylation sites (tertiary alicyclic amines) is 1. The lowest BCUT2D eigenvalue weighted by molar-refractivity contribution is -0.184. The van der Waals surface area contributed by atoms with Crippen molar-refractivity contribution in [2.45, 2.75) is 38.3 Å². The maximum atomic E-state index is 12.9. The van der Waals surface area contributed by atoms with Gasteiger partial charge in [-0.05, 0) is 31.7 Å². The molecule has 2 heterocycles. The smallest absolute Gasteiger partial charge is 0.338 e. The van der Waals surface area contributed by atoms with Crippen molar-refractivity contribution in [2.75, 3.05) is 13.1 Å². The molecule has 0 aromatic carbocycles. The van der Waals surface area contributed by atoms with Gasteiger partial charge in [-0.2, -0.15) is 13.2 Å². The fourth-order valence-corrected chi connectivity index (χ4v) is 3.33. The van der Waals surface area contributed by atoms with Crippen LogP contribution in [-0.2, 0) is 6.42 Å². The van der Waals surface area contributed by atoms with E-state index in [0.717, 1.165) is 4.90 Å². The zero-order valence-corrected chi connectivity index (χ0v) is 12.9. The standard InChI is InChI=1S/C16H17F3N2O3/c17-16(18,19)9-3-2-6-21(8-9)15(24)11-7-10-12(20-14(11)23)4-1-5-13(10)22/h7,9H,1-6,8H2,(H,20,23)/t9-/m1/s1. The Kier molecular flexibility index (Phi) is 4.23. The molecule has 1 aliphatic heterocycles. The Morgan fingerprint density at radius 2 is 1.96 bits per heavy atom. The summed E-state index contributed by atoms with van der Waals surface area (Å²) in [5.41, 5.74) is -0.109. The van der Waals surface area contributed by atoms with Crippen molar-refractivity contribution >= 4 is 11.7 Å². The average molecular weight is 342 g/mol. The van der Waals surface area contributed by atoms with Gasteiger partial charge in [0, 0.05) is 30.8 Å². The second kappa shape index (κ2) is 6.07. The van der Waals surface area contributed by atoms with Crippen LogP contribution in [0.1, 0.15) is 52.1 Å². The number of nitrogens with zero attached hydrogens (tertiary/aromatic N) is 1. The second-order valence-corrected chi connectivity index (χ2v) is 6.31. The molecule has 130 valence electrons. The Hall–Kier alpha value is -2.12. The number of alkyl halides is 3. The fourth-order valence-electron chi connectivity index (χ4n) is 3.33. The van der Waals surface area contributed by atoms with E-state index in [2.05, 4.69) is 4.98 Å². The third-order valence-corrected chi connectivity index (χ3v) is 4.66. The number of ketones is 1. The van der Waals surface area contributed by atoms with Gasteiger partial charge in [0.25, 0.3) is 11.5 Å². The molecule has 1 atom stereocenters. The lowest BCUT2D eigenvalue weighted by Gasteiger charge is -2.33. The minimum Gasteiger partial charge on any atom is -0.338 e. The van der Waals surface area contributed by atoms with E-state index in [9.17, 15) is 27.6 Å². The number of carbonyl (C=O) groups is 2. The predicted octanol–water partition coefficient (Wildman–Crippen LogP) is 2.31. The zero-order chi connectivity index (χ0) is 17.5. The van der Waals surface area contributed by atoms with Crippen LogP contribution in [0.5, 0.6) is 0 Å². The van der Waals surface area contributed by atoms with Crippen molar-refractivity contribution in [1.29, 1.82) is 0 Å². The van der Waals surface area contributed by atoms with E-state index in [1.165, 1.54) is 6.07 Å². The van der Waals surface area contributed by atoms with E-state index in [-0.39, 0.29) is 30.7 Å². The van der Waals surface area contributed by atoms with Gasteiger partial charge < -0.3 is 9.88 Å². The van der Waals surface area contributed by atoms with Crippen LogP contribution in [0, 0.1) is 5.92 Å². The Bertz CT molecular complexity index is 739. The highest BCUT2D eigenvalue weighted by molar-refractivity contribution is 6.01. The molecule has 0 saturated carbocycles. The van der Waals surface area contributed by atoms with Crippen molar-refractivity contribution in [3.8, 4) is 0 Å². The van der Waals surface area contributed by atoms with Crippen LogP contribution in [0.2, 0.25) is 0 Å². The van der Waals surface area contributed by atoms with Gasteiger partial charge in [0.05, 0.1) is 5.92 Å². The number of piperidine rings is 1. The minimum absolute atomic E-state index is 0.0215. The number of fused-ring (bicyclic) bond motifs is 1. The van der Waals surface area contributed by atoms with Crippen LogP contribution in [0.3, 0.4) is 0 Å². The molecule has 1 aliphatic carbocycles. The first-order chi connectivity index (χ1) is 11.3. The number of amides is 1. The summed E-state index contributed by atoms with van der Waals surface area (Å²) in [4.78, 5) is 40.2. The summed E-state index contributed by atoms with van der Waals surface area (Å²) < 4.78 is 38.7. The predicted molar refractivity (Wildman–Crippen MR) is 79.0 cm³/mol. The van der Waals surface area contributed by atoms with Crippen molar-refractivity contribution in [1.82, 2.24) is 9.88 Å². The first kappa shape index (κ1) is 16.7. The van der Waals surface area contributed by atoms with E-state index < -0.39 is 30.1 Å². The molecular formula is C16H17F3N2O3. The van der Waals surface area contributed by atoms with Gasteiger partial charge in [0.1, 0.15) is 5.56 Å². The number of hydrogen-bond acceptors (Lipinski definition) is 3. The van der Waals surface area contributed by atoms with Crippen molar-refractivity contribution < 1.29 is 22.8 Å². The molecule has 1 aromatic rings. The lowest BCUT2D eigenvalue weighted by atomic mass is 9.93. The minimum atomic E-state index is -4.36. The third kappa shape index (κ3) is 3.09. The first-order valence-corrected chi connectivity index (χ1v) is 7.93. The number of H-pyrrole nitrogens is 1. The Morgan fingerprint density at radius 3 is 2.67 bits per heavy atom. The normalized spacial score (nSPS) is 21.5. The molecular weight excluding hydrogens is 325 g/mol. The second-order valence-electron chi connectivity index (χ2n) is 6.31. The number of Topliss-reactive ketones (excluding diaryl/α,β-unsaturated/α-hetero) is 1. The van der Waals surface area contributed by atoms with Crippen molar-refractivity contribution in [2.24, 2.45) is 5.92 Å². The van der Waals surface area contributed by atoms with E-state index in [1.807, 2.05) is 0 Å². The van der Waals surface area contributed by atoms with Crippen LogP contribution in [0.4, 0.5) is 13.2 Å².